The number of hydrogen-bond donors (Lipinski definition) is 0. The highest BCUT2D eigenvalue weighted by atomic mass is 16.5. The first-order valence-corrected chi connectivity index (χ1v) is 8.43. The number of aryl methyl sites for hydroxylation is 2. The first-order valence-electron chi connectivity index (χ1n) is 8.43. The van der Waals surface area contributed by atoms with E-state index >= 15 is 0 Å². The van der Waals surface area contributed by atoms with Gasteiger partial charge in [0.1, 0.15) is 11.6 Å². The standard InChI is InChI=1S/C17H27N3O/c1-3-16-12-17(19-13(2)18-16)20-8-4-14(5-9-20)15-6-10-21-11-7-15/h12,14-15H,3-11H2,1-2H3. The van der Waals surface area contributed by atoms with Crippen LogP contribution in [0.3, 0.4) is 0 Å². The summed E-state index contributed by atoms with van der Waals surface area (Å²) >= 11 is 0. The van der Waals surface area contributed by atoms with Gasteiger partial charge in [-0.1, -0.05) is 6.92 Å². The number of aromatic nitrogens is 2. The SMILES string of the molecule is CCc1cc(N2CCC(C3CCOCC3)CC2)nc(C)n1. The van der Waals surface area contributed by atoms with Crippen LogP contribution in [0.1, 0.15) is 44.1 Å². The third-order valence-corrected chi connectivity index (χ3v) is 5.04. The summed E-state index contributed by atoms with van der Waals surface area (Å²) in [4.78, 5) is 11.6. The van der Waals surface area contributed by atoms with Crippen molar-refractivity contribution in [2.24, 2.45) is 11.8 Å². The molecule has 2 fully saturated rings. The Morgan fingerprint density at radius 1 is 1.10 bits per heavy atom. The summed E-state index contributed by atoms with van der Waals surface area (Å²) in [6, 6.07) is 2.17. The Hall–Kier alpha value is -1.16. The third kappa shape index (κ3) is 3.54. The molecule has 4 heteroatoms. The Kier molecular flexibility index (Phi) is 4.73. The van der Waals surface area contributed by atoms with Crippen LogP contribution in [0.15, 0.2) is 6.07 Å². The Labute approximate surface area is 127 Å². The van der Waals surface area contributed by atoms with Crippen molar-refractivity contribution in [3.8, 4) is 0 Å². The van der Waals surface area contributed by atoms with Crippen LogP contribution < -0.4 is 4.90 Å². The van der Waals surface area contributed by atoms with Gasteiger partial charge in [0.25, 0.3) is 0 Å². The summed E-state index contributed by atoms with van der Waals surface area (Å²) in [5, 5.41) is 0. The first kappa shape index (κ1) is 14.8. The molecule has 116 valence electrons. The normalized spacial score (nSPS) is 21.7. The smallest absolute Gasteiger partial charge is 0.132 e. The second kappa shape index (κ2) is 6.73. The van der Waals surface area contributed by atoms with Crippen LogP contribution in [0.2, 0.25) is 0 Å². The lowest BCUT2D eigenvalue weighted by Gasteiger charge is -2.38. The van der Waals surface area contributed by atoms with E-state index in [1.807, 2.05) is 6.92 Å². The summed E-state index contributed by atoms with van der Waals surface area (Å²) in [6.07, 6.45) is 6.10. The molecule has 2 saturated heterocycles. The van der Waals surface area contributed by atoms with E-state index in [2.05, 4.69) is 27.9 Å². The van der Waals surface area contributed by atoms with Crippen LogP contribution >= 0.6 is 0 Å². The van der Waals surface area contributed by atoms with Crippen molar-refractivity contribution in [2.45, 2.75) is 46.0 Å². The Bertz CT molecular complexity index is 463. The van der Waals surface area contributed by atoms with Gasteiger partial charge in [0.05, 0.1) is 0 Å². The van der Waals surface area contributed by atoms with Gasteiger partial charge in [0.2, 0.25) is 0 Å². The van der Waals surface area contributed by atoms with Gasteiger partial charge in [0, 0.05) is 38.1 Å². The van der Waals surface area contributed by atoms with Crippen LogP contribution in [0.4, 0.5) is 5.82 Å². The molecule has 0 aliphatic carbocycles. The Balaban J connectivity index is 1.61. The topological polar surface area (TPSA) is 38.2 Å². The van der Waals surface area contributed by atoms with E-state index in [9.17, 15) is 0 Å². The summed E-state index contributed by atoms with van der Waals surface area (Å²) in [6.45, 7) is 8.37. The van der Waals surface area contributed by atoms with Gasteiger partial charge in [0.15, 0.2) is 0 Å². The van der Waals surface area contributed by atoms with Gasteiger partial charge in [-0.2, -0.15) is 0 Å². The fraction of sp³-hybridized carbons (Fsp3) is 0.765. The van der Waals surface area contributed by atoms with Crippen LogP contribution in [0.5, 0.6) is 0 Å². The van der Waals surface area contributed by atoms with E-state index in [1.54, 1.807) is 0 Å². The fourth-order valence-corrected chi connectivity index (χ4v) is 3.74. The molecule has 3 heterocycles. The molecule has 0 atom stereocenters. The molecule has 1 aromatic rings. The number of anilines is 1. The molecule has 3 rings (SSSR count). The van der Waals surface area contributed by atoms with E-state index in [0.717, 1.165) is 61.9 Å². The molecule has 0 radical (unpaired) electrons. The van der Waals surface area contributed by atoms with Crippen molar-refractivity contribution in [2.75, 3.05) is 31.2 Å². The number of piperidine rings is 1. The lowest BCUT2D eigenvalue weighted by atomic mass is 9.80. The first-order chi connectivity index (χ1) is 10.3. The van der Waals surface area contributed by atoms with Gasteiger partial charge in [-0.15, -0.1) is 0 Å². The Morgan fingerprint density at radius 2 is 1.76 bits per heavy atom. The zero-order valence-electron chi connectivity index (χ0n) is 13.3. The molecular weight excluding hydrogens is 262 g/mol. The summed E-state index contributed by atoms with van der Waals surface area (Å²) < 4.78 is 5.49. The average molecular weight is 289 g/mol. The molecule has 2 aliphatic heterocycles. The molecule has 4 nitrogen and oxygen atoms in total. The molecule has 0 N–H and O–H groups in total. The highest BCUT2D eigenvalue weighted by molar-refractivity contribution is 5.40. The van der Waals surface area contributed by atoms with Gasteiger partial charge in [-0.3, -0.25) is 0 Å². The number of rotatable bonds is 3. The minimum atomic E-state index is 0.888. The quantitative estimate of drug-likeness (QED) is 0.857. The second-order valence-electron chi connectivity index (χ2n) is 6.39. The van der Waals surface area contributed by atoms with Crippen molar-refractivity contribution in [1.82, 2.24) is 9.97 Å². The van der Waals surface area contributed by atoms with Gasteiger partial charge >= 0.3 is 0 Å². The molecule has 0 spiro atoms. The predicted octanol–water partition coefficient (Wildman–Crippen LogP) is 2.99. The maximum Gasteiger partial charge on any atom is 0.132 e. The number of hydrogen-bond acceptors (Lipinski definition) is 4. The lowest BCUT2D eigenvalue weighted by Crippen LogP contribution is -2.38. The highest BCUT2D eigenvalue weighted by Crippen LogP contribution is 2.32. The zero-order chi connectivity index (χ0) is 14.7. The summed E-state index contributed by atoms with van der Waals surface area (Å²) in [5.74, 6) is 3.80. The molecule has 0 aromatic carbocycles. The molecule has 1 aromatic heterocycles. The van der Waals surface area contributed by atoms with Crippen LogP contribution in [-0.2, 0) is 11.2 Å². The van der Waals surface area contributed by atoms with E-state index in [1.165, 1.54) is 25.7 Å². The minimum absolute atomic E-state index is 0.888. The molecule has 2 aliphatic rings. The van der Waals surface area contributed by atoms with E-state index in [0.29, 0.717) is 0 Å². The maximum absolute atomic E-state index is 5.49. The van der Waals surface area contributed by atoms with Crippen molar-refractivity contribution < 1.29 is 4.74 Å². The second-order valence-corrected chi connectivity index (χ2v) is 6.39. The van der Waals surface area contributed by atoms with Crippen molar-refractivity contribution in [3.63, 3.8) is 0 Å². The minimum Gasteiger partial charge on any atom is -0.381 e. The van der Waals surface area contributed by atoms with E-state index < -0.39 is 0 Å². The molecule has 21 heavy (non-hydrogen) atoms. The fourth-order valence-electron chi connectivity index (χ4n) is 3.74. The Morgan fingerprint density at radius 3 is 2.43 bits per heavy atom. The summed E-state index contributed by atoms with van der Waals surface area (Å²) in [7, 11) is 0. The van der Waals surface area contributed by atoms with Crippen molar-refractivity contribution in [1.29, 1.82) is 0 Å². The maximum atomic E-state index is 5.49. The third-order valence-electron chi connectivity index (χ3n) is 5.04. The van der Waals surface area contributed by atoms with E-state index in [-0.39, 0.29) is 0 Å². The monoisotopic (exact) mass is 289 g/mol. The average Bonchev–Trinajstić information content (AvgIpc) is 2.55. The van der Waals surface area contributed by atoms with Crippen LogP contribution in [0, 0.1) is 18.8 Å². The molecule has 0 unspecified atom stereocenters. The van der Waals surface area contributed by atoms with Crippen LogP contribution in [0.25, 0.3) is 0 Å². The van der Waals surface area contributed by atoms with Gasteiger partial charge in [-0.05, 0) is 50.9 Å². The van der Waals surface area contributed by atoms with Crippen LogP contribution in [-0.4, -0.2) is 36.3 Å². The number of ether oxygens (including phenoxy) is 1. The molecule has 0 bridgehead atoms. The lowest BCUT2D eigenvalue weighted by molar-refractivity contribution is 0.0418. The van der Waals surface area contributed by atoms with Crippen molar-refractivity contribution >= 4 is 5.82 Å². The predicted molar refractivity (Wildman–Crippen MR) is 84.6 cm³/mol. The van der Waals surface area contributed by atoms with Gasteiger partial charge < -0.3 is 9.64 Å². The van der Waals surface area contributed by atoms with Gasteiger partial charge in [-0.25, -0.2) is 9.97 Å². The molecule has 0 saturated carbocycles. The van der Waals surface area contributed by atoms with Crippen molar-refractivity contribution in [3.05, 3.63) is 17.6 Å². The molecule has 0 amide bonds. The largest absolute Gasteiger partial charge is 0.381 e. The summed E-state index contributed by atoms with van der Waals surface area (Å²) in [5.41, 5.74) is 1.16. The molecular formula is C17H27N3O. The number of nitrogens with zero attached hydrogens (tertiary/aromatic N) is 3. The zero-order valence-corrected chi connectivity index (χ0v) is 13.3. The highest BCUT2D eigenvalue weighted by Gasteiger charge is 2.28. The van der Waals surface area contributed by atoms with E-state index in [4.69, 9.17) is 4.74 Å².